The maximum absolute atomic E-state index is 12.7. The molecular formula is C23H26N2O5. The molecule has 2 amide bonds. The van der Waals surface area contributed by atoms with Gasteiger partial charge in [0.25, 0.3) is 11.8 Å². The number of benzene rings is 2. The molecule has 0 saturated heterocycles. The van der Waals surface area contributed by atoms with Crippen molar-refractivity contribution in [2.24, 2.45) is 0 Å². The van der Waals surface area contributed by atoms with Crippen molar-refractivity contribution >= 4 is 17.9 Å². The summed E-state index contributed by atoms with van der Waals surface area (Å²) in [5.41, 5.74) is 1.28. The van der Waals surface area contributed by atoms with E-state index in [0.29, 0.717) is 41.5 Å². The molecule has 7 heteroatoms. The Morgan fingerprint density at radius 1 is 1.07 bits per heavy atom. The Kier molecular flexibility index (Phi) is 7.32. The molecule has 0 aromatic heterocycles. The number of likely N-dealkylation sites (N-methyl/N-ethyl adjacent to an activating group) is 1. The van der Waals surface area contributed by atoms with E-state index in [9.17, 15) is 9.59 Å². The SMILES string of the molecule is CCCCOc1ccc(C(=O)N/C(=C/c2ccc3c(c2)OCO3)C(=O)NCC)cc1. The van der Waals surface area contributed by atoms with Crippen LogP contribution in [0.3, 0.4) is 0 Å². The van der Waals surface area contributed by atoms with E-state index in [1.807, 2.05) is 6.92 Å². The molecule has 3 rings (SSSR count). The molecule has 0 fully saturated rings. The highest BCUT2D eigenvalue weighted by atomic mass is 16.7. The van der Waals surface area contributed by atoms with Crippen LogP contribution in [0, 0.1) is 0 Å². The molecule has 7 nitrogen and oxygen atoms in total. The molecule has 1 heterocycles. The van der Waals surface area contributed by atoms with Crippen molar-refractivity contribution in [2.75, 3.05) is 19.9 Å². The van der Waals surface area contributed by atoms with Gasteiger partial charge in [-0.05, 0) is 61.4 Å². The van der Waals surface area contributed by atoms with Crippen molar-refractivity contribution in [3.05, 3.63) is 59.3 Å². The fraction of sp³-hybridized carbons (Fsp3) is 0.304. The van der Waals surface area contributed by atoms with Crippen LogP contribution in [-0.4, -0.2) is 31.8 Å². The minimum Gasteiger partial charge on any atom is -0.494 e. The van der Waals surface area contributed by atoms with Crippen molar-refractivity contribution in [3.8, 4) is 17.2 Å². The number of unbranched alkanes of at least 4 members (excludes halogenated alkanes) is 1. The van der Waals surface area contributed by atoms with Gasteiger partial charge in [0.05, 0.1) is 6.61 Å². The molecule has 0 saturated carbocycles. The third kappa shape index (κ3) is 5.53. The number of amides is 2. The quantitative estimate of drug-likeness (QED) is 0.488. The molecule has 30 heavy (non-hydrogen) atoms. The smallest absolute Gasteiger partial charge is 0.267 e. The molecule has 2 N–H and O–H groups in total. The van der Waals surface area contributed by atoms with Gasteiger partial charge in [0.1, 0.15) is 11.4 Å². The van der Waals surface area contributed by atoms with Crippen molar-refractivity contribution in [2.45, 2.75) is 26.7 Å². The van der Waals surface area contributed by atoms with Crippen LogP contribution in [0.4, 0.5) is 0 Å². The van der Waals surface area contributed by atoms with Crippen LogP contribution in [0.25, 0.3) is 6.08 Å². The third-order valence-electron chi connectivity index (χ3n) is 4.42. The van der Waals surface area contributed by atoms with Gasteiger partial charge in [-0.25, -0.2) is 0 Å². The number of nitrogens with one attached hydrogen (secondary N) is 2. The topological polar surface area (TPSA) is 85.9 Å². The fourth-order valence-corrected chi connectivity index (χ4v) is 2.82. The lowest BCUT2D eigenvalue weighted by Gasteiger charge is -2.11. The molecule has 1 aliphatic rings. The normalized spacial score (nSPS) is 12.4. The van der Waals surface area contributed by atoms with Crippen LogP contribution in [0.2, 0.25) is 0 Å². The summed E-state index contributed by atoms with van der Waals surface area (Å²) in [5.74, 6) is 1.21. The monoisotopic (exact) mass is 410 g/mol. The molecule has 0 bridgehead atoms. The van der Waals surface area contributed by atoms with Crippen LogP contribution in [0.5, 0.6) is 17.2 Å². The highest BCUT2D eigenvalue weighted by molar-refractivity contribution is 6.05. The van der Waals surface area contributed by atoms with Crippen molar-refractivity contribution in [3.63, 3.8) is 0 Å². The summed E-state index contributed by atoms with van der Waals surface area (Å²) in [6.07, 6.45) is 3.63. The Bertz CT molecular complexity index is 922. The number of carbonyl (C=O) groups is 2. The van der Waals surface area contributed by atoms with Crippen LogP contribution in [0.15, 0.2) is 48.2 Å². The molecule has 2 aromatic carbocycles. The lowest BCUT2D eigenvalue weighted by Crippen LogP contribution is -2.34. The minimum atomic E-state index is -0.381. The van der Waals surface area contributed by atoms with Gasteiger partial charge in [-0.2, -0.15) is 0 Å². The first kappa shape index (κ1) is 21.2. The first-order chi connectivity index (χ1) is 14.6. The van der Waals surface area contributed by atoms with Crippen molar-refractivity contribution < 1.29 is 23.8 Å². The second-order valence-corrected chi connectivity index (χ2v) is 6.71. The summed E-state index contributed by atoms with van der Waals surface area (Å²) >= 11 is 0. The number of hydrogen-bond donors (Lipinski definition) is 2. The van der Waals surface area contributed by atoms with E-state index in [1.54, 1.807) is 48.5 Å². The summed E-state index contributed by atoms with van der Waals surface area (Å²) < 4.78 is 16.3. The summed E-state index contributed by atoms with van der Waals surface area (Å²) in [4.78, 5) is 25.2. The van der Waals surface area contributed by atoms with E-state index >= 15 is 0 Å². The van der Waals surface area contributed by atoms with E-state index in [4.69, 9.17) is 14.2 Å². The highest BCUT2D eigenvalue weighted by Crippen LogP contribution is 2.33. The third-order valence-corrected chi connectivity index (χ3v) is 4.42. The number of carbonyl (C=O) groups excluding carboxylic acids is 2. The number of ether oxygens (including phenoxy) is 3. The van der Waals surface area contributed by atoms with Crippen LogP contribution < -0.4 is 24.8 Å². The Morgan fingerprint density at radius 3 is 2.57 bits per heavy atom. The minimum absolute atomic E-state index is 0.143. The maximum atomic E-state index is 12.7. The van der Waals surface area contributed by atoms with Crippen LogP contribution in [-0.2, 0) is 4.79 Å². The summed E-state index contributed by atoms with van der Waals surface area (Å²) in [6, 6.07) is 12.2. The van der Waals surface area contributed by atoms with E-state index < -0.39 is 0 Å². The molecule has 0 unspecified atom stereocenters. The second-order valence-electron chi connectivity index (χ2n) is 6.71. The Morgan fingerprint density at radius 2 is 1.83 bits per heavy atom. The molecule has 0 aliphatic carbocycles. The van der Waals surface area contributed by atoms with Gasteiger partial charge in [-0.3, -0.25) is 9.59 Å². The van der Waals surface area contributed by atoms with Gasteiger partial charge in [0.15, 0.2) is 11.5 Å². The average molecular weight is 410 g/mol. The molecule has 0 radical (unpaired) electrons. The van der Waals surface area contributed by atoms with Gasteiger partial charge in [0, 0.05) is 12.1 Å². The van der Waals surface area contributed by atoms with E-state index in [1.165, 1.54) is 0 Å². The molecule has 0 atom stereocenters. The molecular weight excluding hydrogens is 384 g/mol. The number of rotatable bonds is 9. The van der Waals surface area contributed by atoms with Gasteiger partial charge >= 0.3 is 0 Å². The van der Waals surface area contributed by atoms with Crippen LogP contribution >= 0.6 is 0 Å². The largest absolute Gasteiger partial charge is 0.494 e. The molecule has 158 valence electrons. The first-order valence-corrected chi connectivity index (χ1v) is 10.0. The number of fused-ring (bicyclic) bond motifs is 1. The van der Waals surface area contributed by atoms with E-state index in [2.05, 4.69) is 17.6 Å². The van der Waals surface area contributed by atoms with E-state index in [-0.39, 0.29) is 24.3 Å². The first-order valence-electron chi connectivity index (χ1n) is 10.0. The lowest BCUT2D eigenvalue weighted by molar-refractivity contribution is -0.117. The van der Waals surface area contributed by atoms with Crippen LogP contribution in [0.1, 0.15) is 42.6 Å². The predicted molar refractivity (Wildman–Crippen MR) is 114 cm³/mol. The average Bonchev–Trinajstić information content (AvgIpc) is 3.22. The molecule has 1 aliphatic heterocycles. The Hall–Kier alpha value is -3.48. The van der Waals surface area contributed by atoms with Gasteiger partial charge in [0.2, 0.25) is 6.79 Å². The Balaban J connectivity index is 1.74. The summed E-state index contributed by atoms with van der Waals surface area (Å²) in [6.45, 7) is 5.16. The molecule has 0 spiro atoms. The highest BCUT2D eigenvalue weighted by Gasteiger charge is 2.16. The zero-order valence-electron chi connectivity index (χ0n) is 17.2. The van der Waals surface area contributed by atoms with E-state index in [0.717, 1.165) is 12.8 Å². The Labute approximate surface area is 176 Å². The van der Waals surface area contributed by atoms with Gasteiger partial charge in [-0.1, -0.05) is 19.4 Å². The standard InChI is InChI=1S/C23H26N2O5/c1-3-5-12-28-18-9-7-17(8-10-18)22(26)25-19(23(27)24-4-2)13-16-6-11-20-21(14-16)30-15-29-20/h6-11,13-14H,3-5,12,15H2,1-2H3,(H,24,27)(H,25,26)/b19-13+. The zero-order chi connectivity index (χ0) is 21.3. The lowest BCUT2D eigenvalue weighted by atomic mass is 10.1. The molecule has 2 aromatic rings. The van der Waals surface area contributed by atoms with Gasteiger partial charge in [-0.15, -0.1) is 0 Å². The predicted octanol–water partition coefficient (Wildman–Crippen LogP) is 3.50. The maximum Gasteiger partial charge on any atom is 0.267 e. The van der Waals surface area contributed by atoms with Crippen molar-refractivity contribution in [1.29, 1.82) is 0 Å². The summed E-state index contributed by atoms with van der Waals surface area (Å²) in [7, 11) is 0. The summed E-state index contributed by atoms with van der Waals surface area (Å²) in [5, 5.41) is 5.42. The second kappa shape index (κ2) is 10.3. The van der Waals surface area contributed by atoms with Gasteiger partial charge < -0.3 is 24.8 Å². The van der Waals surface area contributed by atoms with Crippen molar-refractivity contribution in [1.82, 2.24) is 10.6 Å². The zero-order valence-corrected chi connectivity index (χ0v) is 17.2. The number of hydrogen-bond acceptors (Lipinski definition) is 5. The fourth-order valence-electron chi connectivity index (χ4n) is 2.82.